The minimum atomic E-state index is -2.24. The highest BCUT2D eigenvalue weighted by molar-refractivity contribution is 5.97. The zero-order valence-electron chi connectivity index (χ0n) is 17.9. The van der Waals surface area contributed by atoms with Crippen LogP contribution >= 0.6 is 0 Å². The number of rotatable bonds is 16. The van der Waals surface area contributed by atoms with E-state index >= 15 is 0 Å². The van der Waals surface area contributed by atoms with Crippen molar-refractivity contribution in [1.82, 2.24) is 0 Å². The summed E-state index contributed by atoms with van der Waals surface area (Å²) in [5.74, 6) is -2.53. The molecule has 0 aromatic rings. The monoisotopic (exact) mass is 385 g/mol. The van der Waals surface area contributed by atoms with Crippen molar-refractivity contribution in [2.75, 3.05) is 21.1 Å². The van der Waals surface area contributed by atoms with Gasteiger partial charge in [-0.15, -0.1) is 0 Å². The number of carboxylic acid groups (broad SMARTS) is 1. The van der Waals surface area contributed by atoms with Crippen molar-refractivity contribution in [3.8, 4) is 0 Å². The van der Waals surface area contributed by atoms with Crippen molar-refractivity contribution in [2.24, 2.45) is 0 Å². The Kier molecular flexibility index (Phi) is 11.7. The summed E-state index contributed by atoms with van der Waals surface area (Å²) in [6, 6.07) is -1.12. The molecule has 0 spiro atoms. The van der Waals surface area contributed by atoms with Crippen LogP contribution in [0.2, 0.25) is 0 Å². The predicted molar refractivity (Wildman–Crippen MR) is 104 cm³/mol. The third-order valence-corrected chi connectivity index (χ3v) is 5.08. The van der Waals surface area contributed by atoms with Crippen LogP contribution in [0.5, 0.6) is 0 Å². The molecule has 0 saturated heterocycles. The lowest BCUT2D eigenvalue weighted by molar-refractivity contribution is -0.892. The third-order valence-electron chi connectivity index (χ3n) is 5.08. The van der Waals surface area contributed by atoms with Gasteiger partial charge in [-0.1, -0.05) is 58.3 Å². The van der Waals surface area contributed by atoms with Crippen LogP contribution in [0.3, 0.4) is 0 Å². The topological polar surface area (TPSA) is 94.5 Å². The average molecular weight is 386 g/mol. The van der Waals surface area contributed by atoms with E-state index in [1.165, 1.54) is 32.1 Å². The molecule has 0 aliphatic rings. The number of quaternary nitrogens is 1. The molecule has 0 fully saturated rings. The number of Topliss-reactive ketones (excluding diaryl/α,β-unsaturated/α-hetero) is 2. The largest absolute Gasteiger partial charge is 0.550 e. The Morgan fingerprint density at radius 1 is 0.926 bits per heavy atom. The van der Waals surface area contributed by atoms with E-state index in [1.807, 2.05) is 0 Å². The molecule has 0 amide bonds. The van der Waals surface area contributed by atoms with Crippen molar-refractivity contribution < 1.29 is 29.1 Å². The van der Waals surface area contributed by atoms with Crippen LogP contribution in [-0.2, 0) is 14.4 Å². The molecule has 158 valence electrons. The van der Waals surface area contributed by atoms with Crippen molar-refractivity contribution in [2.45, 2.75) is 96.1 Å². The van der Waals surface area contributed by atoms with Crippen LogP contribution in [-0.4, -0.2) is 59.9 Å². The lowest BCUT2D eigenvalue weighted by Gasteiger charge is -2.42. The van der Waals surface area contributed by atoms with Gasteiger partial charge in [0, 0.05) is 18.8 Å². The van der Waals surface area contributed by atoms with E-state index < -0.39 is 29.8 Å². The summed E-state index contributed by atoms with van der Waals surface area (Å²) >= 11 is 0. The minimum Gasteiger partial charge on any atom is -0.550 e. The third kappa shape index (κ3) is 9.47. The maximum absolute atomic E-state index is 12.8. The summed E-state index contributed by atoms with van der Waals surface area (Å²) in [6.07, 6.45) is 9.45. The van der Waals surface area contributed by atoms with Crippen LogP contribution in [0.15, 0.2) is 0 Å². The van der Waals surface area contributed by atoms with Crippen LogP contribution in [0.4, 0.5) is 0 Å². The lowest BCUT2D eigenvalue weighted by Crippen LogP contribution is -2.66. The molecule has 0 rings (SSSR count). The molecule has 0 bridgehead atoms. The number of ketones is 2. The summed E-state index contributed by atoms with van der Waals surface area (Å²) < 4.78 is -0.0143. The number of likely N-dealkylation sites (N-methyl/N-ethyl adjacent to an activating group) is 1. The SMILES string of the molecule is CCCCCCCCCCCC(=O)C(C(O)(CC(=O)[O-])C(C)=O)[N+](C)(C)C. The summed E-state index contributed by atoms with van der Waals surface area (Å²) in [5.41, 5.74) is -2.24. The highest BCUT2D eigenvalue weighted by atomic mass is 16.4. The van der Waals surface area contributed by atoms with Gasteiger partial charge in [0.15, 0.2) is 23.2 Å². The maximum Gasteiger partial charge on any atom is 0.193 e. The molecule has 0 heterocycles. The first kappa shape index (κ1) is 25.7. The first-order valence-electron chi connectivity index (χ1n) is 10.2. The van der Waals surface area contributed by atoms with Gasteiger partial charge < -0.3 is 19.5 Å². The predicted octanol–water partition coefficient (Wildman–Crippen LogP) is 2.01. The molecule has 0 aromatic carbocycles. The second kappa shape index (κ2) is 12.2. The van der Waals surface area contributed by atoms with E-state index in [9.17, 15) is 24.6 Å². The Hall–Kier alpha value is -1.27. The molecule has 2 unspecified atom stereocenters. The Labute approximate surface area is 164 Å². The Balaban J connectivity index is 4.69. The van der Waals surface area contributed by atoms with Gasteiger partial charge in [0.25, 0.3) is 0 Å². The molecular formula is C21H39NO5. The van der Waals surface area contributed by atoms with E-state index in [0.29, 0.717) is 6.42 Å². The number of hydrogen-bond donors (Lipinski definition) is 1. The van der Waals surface area contributed by atoms with Gasteiger partial charge in [-0.3, -0.25) is 9.59 Å². The standard InChI is InChI=1S/C21H39NO5/c1-6-7-8-9-10-11-12-13-14-15-18(24)20(22(3,4)5)21(27,17(2)23)16-19(25)26/h20,27H,6-16H2,1-5H3. The number of aliphatic carboxylic acids is 1. The minimum absolute atomic E-state index is 0.0143. The molecule has 27 heavy (non-hydrogen) atoms. The molecule has 6 heteroatoms. The van der Waals surface area contributed by atoms with Crippen molar-refractivity contribution in [1.29, 1.82) is 0 Å². The fourth-order valence-corrected chi connectivity index (χ4v) is 3.72. The van der Waals surface area contributed by atoms with E-state index in [0.717, 1.165) is 26.2 Å². The number of hydrogen-bond acceptors (Lipinski definition) is 5. The van der Waals surface area contributed by atoms with Crippen LogP contribution in [0.25, 0.3) is 0 Å². The quantitative estimate of drug-likeness (QED) is 0.324. The number of unbranched alkanes of at least 4 members (excludes halogenated alkanes) is 8. The second-order valence-electron chi connectivity index (χ2n) is 8.59. The normalized spacial score (nSPS) is 15.2. The first-order valence-corrected chi connectivity index (χ1v) is 10.2. The van der Waals surface area contributed by atoms with Crippen LogP contribution in [0.1, 0.15) is 84.5 Å². The van der Waals surface area contributed by atoms with Crippen molar-refractivity contribution in [3.05, 3.63) is 0 Å². The Morgan fingerprint density at radius 3 is 1.74 bits per heavy atom. The molecule has 0 aromatic heterocycles. The van der Waals surface area contributed by atoms with E-state index in [1.54, 1.807) is 21.1 Å². The second-order valence-corrected chi connectivity index (χ2v) is 8.59. The molecule has 1 N–H and O–H groups in total. The summed E-state index contributed by atoms with van der Waals surface area (Å²) in [6.45, 7) is 3.32. The molecule has 0 saturated carbocycles. The average Bonchev–Trinajstić information content (AvgIpc) is 2.51. The number of carbonyl (C=O) groups excluding carboxylic acids is 3. The summed E-state index contributed by atoms with van der Waals surface area (Å²) in [4.78, 5) is 35.9. The van der Waals surface area contributed by atoms with Crippen molar-refractivity contribution in [3.63, 3.8) is 0 Å². The van der Waals surface area contributed by atoms with Gasteiger partial charge in [-0.05, 0) is 13.3 Å². The molecule has 0 radical (unpaired) electrons. The summed E-state index contributed by atoms with van der Waals surface area (Å²) in [7, 11) is 5.05. The Morgan fingerprint density at radius 2 is 1.37 bits per heavy atom. The van der Waals surface area contributed by atoms with Gasteiger partial charge in [0.05, 0.1) is 21.1 Å². The zero-order chi connectivity index (χ0) is 21.1. The van der Waals surface area contributed by atoms with Crippen molar-refractivity contribution >= 4 is 17.5 Å². The van der Waals surface area contributed by atoms with Gasteiger partial charge in [-0.2, -0.15) is 0 Å². The lowest BCUT2D eigenvalue weighted by atomic mass is 9.81. The Bertz CT molecular complexity index is 483. The summed E-state index contributed by atoms with van der Waals surface area (Å²) in [5, 5.41) is 21.8. The van der Waals surface area contributed by atoms with Crippen LogP contribution < -0.4 is 5.11 Å². The van der Waals surface area contributed by atoms with Crippen LogP contribution in [0, 0.1) is 0 Å². The maximum atomic E-state index is 12.8. The molecular weight excluding hydrogens is 346 g/mol. The highest BCUT2D eigenvalue weighted by Crippen LogP contribution is 2.26. The number of carbonyl (C=O) groups is 3. The molecule has 0 aliphatic carbocycles. The van der Waals surface area contributed by atoms with Gasteiger partial charge in [-0.25, -0.2) is 0 Å². The van der Waals surface area contributed by atoms with Gasteiger partial charge in [0.1, 0.15) is 0 Å². The van der Waals surface area contributed by atoms with Gasteiger partial charge in [0.2, 0.25) is 0 Å². The number of carboxylic acids is 1. The molecule has 2 atom stereocenters. The fraction of sp³-hybridized carbons (Fsp3) is 0.857. The van der Waals surface area contributed by atoms with Gasteiger partial charge >= 0.3 is 0 Å². The smallest absolute Gasteiger partial charge is 0.193 e. The highest BCUT2D eigenvalue weighted by Gasteiger charge is 2.52. The molecule has 0 aliphatic heterocycles. The van der Waals surface area contributed by atoms with E-state index in [2.05, 4.69) is 6.92 Å². The fourth-order valence-electron chi connectivity index (χ4n) is 3.72. The molecule has 6 nitrogen and oxygen atoms in total. The number of nitrogens with zero attached hydrogens (tertiary/aromatic N) is 1. The van der Waals surface area contributed by atoms with E-state index in [-0.39, 0.29) is 16.7 Å². The number of aliphatic hydroxyl groups is 1. The zero-order valence-corrected chi connectivity index (χ0v) is 17.9. The van der Waals surface area contributed by atoms with E-state index in [4.69, 9.17) is 0 Å². The first-order chi connectivity index (χ1) is 12.5.